The van der Waals surface area contributed by atoms with Crippen LogP contribution < -0.4 is 5.32 Å². The second-order valence-electron chi connectivity index (χ2n) is 6.68. The van der Waals surface area contributed by atoms with Gasteiger partial charge in [-0.1, -0.05) is 20.8 Å². The topological polar surface area (TPSA) is 24.9 Å². The summed E-state index contributed by atoms with van der Waals surface area (Å²) in [5.41, 5.74) is 1.79. The fourth-order valence-electron chi connectivity index (χ4n) is 2.81. The molecule has 1 aromatic rings. The summed E-state index contributed by atoms with van der Waals surface area (Å²) < 4.78 is 0. The van der Waals surface area contributed by atoms with Crippen molar-refractivity contribution in [3.05, 3.63) is 15.6 Å². The third kappa shape index (κ3) is 4.03. The lowest BCUT2D eigenvalue weighted by Gasteiger charge is -2.33. The van der Waals surface area contributed by atoms with Gasteiger partial charge in [0.25, 0.3) is 0 Å². The molecule has 108 valence electrons. The number of rotatable bonds is 5. The van der Waals surface area contributed by atoms with Gasteiger partial charge in [0, 0.05) is 17.3 Å². The van der Waals surface area contributed by atoms with E-state index >= 15 is 0 Å². The van der Waals surface area contributed by atoms with E-state index in [1.807, 2.05) is 11.3 Å². The Bertz CT molecular complexity index is 399. The molecular weight excluding hydrogens is 252 g/mol. The fraction of sp³-hybridized carbons (Fsp3) is 0.812. The van der Waals surface area contributed by atoms with Gasteiger partial charge in [-0.3, -0.25) is 0 Å². The van der Waals surface area contributed by atoms with Gasteiger partial charge in [0.2, 0.25) is 0 Å². The zero-order valence-corrected chi connectivity index (χ0v) is 13.7. The molecule has 0 atom stereocenters. The van der Waals surface area contributed by atoms with Gasteiger partial charge in [-0.25, -0.2) is 4.98 Å². The highest BCUT2D eigenvalue weighted by Crippen LogP contribution is 2.43. The van der Waals surface area contributed by atoms with Crippen molar-refractivity contribution in [1.29, 1.82) is 0 Å². The first-order valence-corrected chi connectivity index (χ1v) is 8.50. The largest absolute Gasteiger partial charge is 0.312 e. The van der Waals surface area contributed by atoms with Crippen molar-refractivity contribution in [3.63, 3.8) is 0 Å². The second kappa shape index (κ2) is 6.36. The molecule has 0 radical (unpaired) electrons. The molecule has 0 aliphatic heterocycles. The minimum atomic E-state index is 0.550. The van der Waals surface area contributed by atoms with Gasteiger partial charge in [0.15, 0.2) is 0 Å². The third-order valence-electron chi connectivity index (χ3n) is 4.31. The molecule has 1 fully saturated rings. The van der Waals surface area contributed by atoms with Crippen molar-refractivity contribution in [2.24, 2.45) is 5.41 Å². The minimum absolute atomic E-state index is 0.550. The maximum Gasteiger partial charge on any atom is 0.0962 e. The second-order valence-corrected chi connectivity index (χ2v) is 7.79. The minimum Gasteiger partial charge on any atom is -0.312 e. The fourth-order valence-corrected chi connectivity index (χ4v) is 4.02. The molecule has 2 rings (SSSR count). The molecule has 1 aliphatic rings. The van der Waals surface area contributed by atoms with Crippen LogP contribution in [0.5, 0.6) is 0 Å². The highest BCUT2D eigenvalue weighted by Gasteiger charge is 2.29. The van der Waals surface area contributed by atoms with Gasteiger partial charge in [0.05, 0.1) is 10.7 Å². The van der Waals surface area contributed by atoms with Gasteiger partial charge >= 0.3 is 0 Å². The maximum atomic E-state index is 4.84. The lowest BCUT2D eigenvalue weighted by atomic mass is 9.73. The van der Waals surface area contributed by atoms with E-state index in [0.29, 0.717) is 5.41 Å². The third-order valence-corrected chi connectivity index (χ3v) is 5.63. The van der Waals surface area contributed by atoms with Gasteiger partial charge in [-0.15, -0.1) is 11.3 Å². The Labute approximate surface area is 122 Å². The molecule has 19 heavy (non-hydrogen) atoms. The van der Waals surface area contributed by atoms with E-state index < -0.39 is 0 Å². The van der Waals surface area contributed by atoms with E-state index in [4.69, 9.17) is 4.98 Å². The van der Waals surface area contributed by atoms with Crippen LogP contribution in [-0.4, -0.2) is 11.5 Å². The molecule has 1 N–H and O–H groups in total. The van der Waals surface area contributed by atoms with Crippen molar-refractivity contribution in [2.75, 3.05) is 6.54 Å². The van der Waals surface area contributed by atoms with Gasteiger partial charge in [-0.2, -0.15) is 0 Å². The summed E-state index contributed by atoms with van der Waals surface area (Å²) in [6.07, 6.45) is 6.53. The first-order valence-electron chi connectivity index (χ1n) is 7.69. The molecule has 1 heterocycles. The summed E-state index contributed by atoms with van der Waals surface area (Å²) in [5.74, 6) is 0.719. The smallest absolute Gasteiger partial charge is 0.0962 e. The molecule has 1 aliphatic carbocycles. The van der Waals surface area contributed by atoms with Crippen LogP contribution in [0.15, 0.2) is 0 Å². The summed E-state index contributed by atoms with van der Waals surface area (Å²) in [6.45, 7) is 11.3. The number of hydrogen-bond acceptors (Lipinski definition) is 3. The van der Waals surface area contributed by atoms with Crippen molar-refractivity contribution in [3.8, 4) is 0 Å². The molecule has 0 unspecified atom stereocenters. The molecule has 0 spiro atoms. The molecule has 0 saturated heterocycles. The molecule has 0 aromatic carbocycles. The Kier molecular flexibility index (Phi) is 5.02. The summed E-state index contributed by atoms with van der Waals surface area (Å²) in [5, 5.41) is 4.88. The average molecular weight is 280 g/mol. The highest BCUT2D eigenvalue weighted by atomic mass is 32.1. The first-order chi connectivity index (χ1) is 9.02. The van der Waals surface area contributed by atoms with Crippen molar-refractivity contribution in [2.45, 2.75) is 72.3 Å². The van der Waals surface area contributed by atoms with E-state index in [2.05, 4.69) is 33.0 Å². The number of thiazole rings is 1. The van der Waals surface area contributed by atoms with E-state index in [9.17, 15) is 0 Å². The Hall–Kier alpha value is -0.410. The molecule has 2 nitrogen and oxygen atoms in total. The maximum absolute atomic E-state index is 4.84. The van der Waals surface area contributed by atoms with Crippen molar-refractivity contribution < 1.29 is 0 Å². The highest BCUT2D eigenvalue weighted by molar-refractivity contribution is 7.11. The van der Waals surface area contributed by atoms with Crippen LogP contribution >= 0.6 is 11.3 Å². The van der Waals surface area contributed by atoms with Gasteiger partial charge in [0.1, 0.15) is 0 Å². The van der Waals surface area contributed by atoms with Crippen LogP contribution in [0.3, 0.4) is 0 Å². The number of nitrogens with zero attached hydrogens (tertiary/aromatic N) is 1. The van der Waals surface area contributed by atoms with Crippen LogP contribution in [-0.2, 0) is 6.54 Å². The Morgan fingerprint density at radius 3 is 2.63 bits per heavy atom. The quantitative estimate of drug-likeness (QED) is 0.795. The Morgan fingerprint density at radius 2 is 2.00 bits per heavy atom. The molecule has 0 bridgehead atoms. The molecule has 1 saturated carbocycles. The van der Waals surface area contributed by atoms with Gasteiger partial charge in [-0.05, 0) is 51.0 Å². The van der Waals surface area contributed by atoms with Gasteiger partial charge < -0.3 is 5.32 Å². The summed E-state index contributed by atoms with van der Waals surface area (Å²) >= 11 is 1.94. The normalized spacial score (nSPS) is 19.8. The number of nitrogens with one attached hydrogen (secondary N) is 1. The number of hydrogen-bond donors (Lipinski definition) is 1. The lowest BCUT2D eigenvalue weighted by molar-refractivity contribution is 0.224. The zero-order chi connectivity index (χ0) is 13.9. The predicted octanol–water partition coefficient (Wildman–Crippen LogP) is 4.63. The monoisotopic (exact) mass is 280 g/mol. The van der Waals surface area contributed by atoms with Crippen LogP contribution in [0, 0.1) is 12.3 Å². The molecule has 1 aromatic heterocycles. The van der Waals surface area contributed by atoms with E-state index in [-0.39, 0.29) is 0 Å². The Balaban J connectivity index is 1.96. The van der Waals surface area contributed by atoms with Crippen LogP contribution in [0.1, 0.15) is 74.4 Å². The molecule has 0 amide bonds. The van der Waals surface area contributed by atoms with E-state index in [1.165, 1.54) is 47.7 Å². The SMILES string of the molecule is CCCNCc1sc(C2CCC(C)(C)CC2)nc1C. The summed E-state index contributed by atoms with van der Waals surface area (Å²) in [7, 11) is 0. The van der Waals surface area contributed by atoms with E-state index in [1.54, 1.807) is 0 Å². The van der Waals surface area contributed by atoms with Crippen LogP contribution in [0.25, 0.3) is 0 Å². The molecule has 3 heteroatoms. The Morgan fingerprint density at radius 1 is 1.32 bits per heavy atom. The standard InChI is InChI=1S/C16H28N2S/c1-5-10-17-11-14-12(2)18-15(19-14)13-6-8-16(3,4)9-7-13/h13,17H,5-11H2,1-4H3. The van der Waals surface area contributed by atoms with Crippen molar-refractivity contribution >= 4 is 11.3 Å². The predicted molar refractivity (Wildman–Crippen MR) is 83.8 cm³/mol. The summed E-state index contributed by atoms with van der Waals surface area (Å²) in [4.78, 5) is 6.28. The zero-order valence-electron chi connectivity index (χ0n) is 12.9. The van der Waals surface area contributed by atoms with E-state index in [0.717, 1.165) is 19.0 Å². The van der Waals surface area contributed by atoms with Crippen molar-refractivity contribution in [1.82, 2.24) is 10.3 Å². The number of aryl methyl sites for hydroxylation is 1. The summed E-state index contributed by atoms with van der Waals surface area (Å²) in [6, 6.07) is 0. The average Bonchev–Trinajstić information content (AvgIpc) is 2.71. The van der Waals surface area contributed by atoms with Crippen LogP contribution in [0.2, 0.25) is 0 Å². The molecular formula is C16H28N2S. The first kappa shape index (κ1) is 15.0. The van der Waals surface area contributed by atoms with Crippen LogP contribution in [0.4, 0.5) is 0 Å². The lowest BCUT2D eigenvalue weighted by Crippen LogP contribution is -2.20. The number of aromatic nitrogens is 1.